The minimum Gasteiger partial charge on any atom is -0.490 e. The highest BCUT2D eigenvalue weighted by molar-refractivity contribution is 5.90. The minimum absolute atomic E-state index is 0.313. The quantitative estimate of drug-likeness (QED) is 0.650. The van der Waals surface area contributed by atoms with Gasteiger partial charge in [-0.25, -0.2) is 4.98 Å². The molecular formula is C21H28NO3. The molecule has 1 radical (unpaired) electrons. The molecule has 3 rings (SSSR count). The molecule has 0 amide bonds. The van der Waals surface area contributed by atoms with Gasteiger partial charge in [0.1, 0.15) is 23.6 Å². The number of fused-ring (bicyclic) bond motifs is 1. The number of ether oxygens (including phenoxy) is 3. The molecule has 1 aliphatic carbocycles. The number of hydrogen-bond donors (Lipinski definition) is 0. The van der Waals surface area contributed by atoms with E-state index in [9.17, 15) is 0 Å². The topological polar surface area (TPSA) is 40.6 Å². The van der Waals surface area contributed by atoms with E-state index in [1.165, 1.54) is 18.8 Å². The Morgan fingerprint density at radius 3 is 2.64 bits per heavy atom. The molecule has 0 spiro atoms. The molecule has 1 fully saturated rings. The van der Waals surface area contributed by atoms with E-state index in [1.807, 2.05) is 18.2 Å². The zero-order chi connectivity index (χ0) is 17.6. The van der Waals surface area contributed by atoms with Gasteiger partial charge in [0.15, 0.2) is 0 Å². The van der Waals surface area contributed by atoms with Crippen molar-refractivity contribution in [3.05, 3.63) is 35.9 Å². The molecule has 0 N–H and O–H groups in total. The smallest absolute Gasteiger partial charge is 0.146 e. The Labute approximate surface area is 150 Å². The van der Waals surface area contributed by atoms with Crippen molar-refractivity contribution in [3.63, 3.8) is 0 Å². The fraction of sp³-hybridized carbons (Fsp3) is 0.524. The second kappa shape index (κ2) is 8.52. The van der Waals surface area contributed by atoms with Crippen LogP contribution in [0.5, 0.6) is 11.5 Å². The van der Waals surface area contributed by atoms with Gasteiger partial charge in [0.05, 0.1) is 12.7 Å². The number of nitrogens with zero attached hydrogens (tertiary/aromatic N) is 1. The molecule has 1 heterocycles. The lowest BCUT2D eigenvalue weighted by Gasteiger charge is -2.17. The Morgan fingerprint density at radius 2 is 1.92 bits per heavy atom. The molecule has 1 aromatic heterocycles. The number of hydrogen-bond acceptors (Lipinski definition) is 4. The van der Waals surface area contributed by atoms with Crippen LogP contribution >= 0.6 is 0 Å². The number of rotatable bonds is 8. The van der Waals surface area contributed by atoms with E-state index in [4.69, 9.17) is 19.2 Å². The molecule has 4 nitrogen and oxygen atoms in total. The first-order chi connectivity index (χ1) is 12.2. The number of benzene rings is 1. The predicted octanol–water partition coefficient (Wildman–Crippen LogP) is 4.74. The maximum atomic E-state index is 6.28. The summed E-state index contributed by atoms with van der Waals surface area (Å²) in [5, 5.41) is 1.00. The first-order valence-corrected chi connectivity index (χ1v) is 9.17. The number of pyridine rings is 1. The van der Waals surface area contributed by atoms with Gasteiger partial charge >= 0.3 is 0 Å². The van der Waals surface area contributed by atoms with E-state index in [2.05, 4.69) is 19.9 Å². The number of aromatic nitrogens is 1. The lowest BCUT2D eigenvalue weighted by Crippen LogP contribution is -2.12. The Kier molecular flexibility index (Phi) is 6.14. The SMILES string of the molecule is COCCOc1cc(C[C](C)C)nc2c(OC3CCCC3)cccc12. The van der Waals surface area contributed by atoms with Gasteiger partial charge in [-0.1, -0.05) is 19.9 Å². The zero-order valence-electron chi connectivity index (χ0n) is 15.5. The highest BCUT2D eigenvalue weighted by Crippen LogP contribution is 2.34. The Balaban J connectivity index is 1.97. The molecule has 1 saturated carbocycles. The van der Waals surface area contributed by atoms with Crippen molar-refractivity contribution in [1.29, 1.82) is 0 Å². The van der Waals surface area contributed by atoms with E-state index in [0.29, 0.717) is 19.3 Å². The number of para-hydroxylation sites is 1. The maximum Gasteiger partial charge on any atom is 0.146 e. The second-order valence-corrected chi connectivity index (χ2v) is 7.01. The van der Waals surface area contributed by atoms with Gasteiger partial charge in [0.25, 0.3) is 0 Å². The van der Waals surface area contributed by atoms with Crippen LogP contribution in [-0.2, 0) is 11.2 Å². The fourth-order valence-electron chi connectivity index (χ4n) is 3.33. The van der Waals surface area contributed by atoms with Crippen LogP contribution in [0, 0.1) is 5.92 Å². The van der Waals surface area contributed by atoms with Gasteiger partial charge in [0.2, 0.25) is 0 Å². The van der Waals surface area contributed by atoms with Gasteiger partial charge in [0, 0.05) is 24.3 Å². The molecule has 135 valence electrons. The third-order valence-corrected chi connectivity index (χ3v) is 4.49. The van der Waals surface area contributed by atoms with E-state index < -0.39 is 0 Å². The molecular weight excluding hydrogens is 314 g/mol. The van der Waals surface area contributed by atoms with E-state index in [1.54, 1.807) is 7.11 Å². The summed E-state index contributed by atoms with van der Waals surface area (Å²) in [5.74, 6) is 3.05. The average Bonchev–Trinajstić information content (AvgIpc) is 3.08. The second-order valence-electron chi connectivity index (χ2n) is 7.01. The van der Waals surface area contributed by atoms with Gasteiger partial charge in [-0.2, -0.15) is 0 Å². The number of methoxy groups -OCH3 is 1. The lowest BCUT2D eigenvalue weighted by atomic mass is 10.1. The predicted molar refractivity (Wildman–Crippen MR) is 100 cm³/mol. The summed E-state index contributed by atoms with van der Waals surface area (Å²) in [6.07, 6.45) is 5.93. The third-order valence-electron chi connectivity index (χ3n) is 4.49. The van der Waals surface area contributed by atoms with Crippen molar-refractivity contribution in [3.8, 4) is 11.5 Å². The van der Waals surface area contributed by atoms with Crippen LogP contribution in [-0.4, -0.2) is 31.4 Å². The molecule has 2 aromatic rings. The molecule has 0 saturated heterocycles. The van der Waals surface area contributed by atoms with Crippen LogP contribution in [0.15, 0.2) is 24.3 Å². The van der Waals surface area contributed by atoms with E-state index in [-0.39, 0.29) is 0 Å². The zero-order valence-corrected chi connectivity index (χ0v) is 15.5. The summed E-state index contributed by atoms with van der Waals surface area (Å²) < 4.78 is 17.4. The molecule has 0 unspecified atom stereocenters. The normalized spacial score (nSPS) is 15.2. The summed E-state index contributed by atoms with van der Waals surface area (Å²) in [5.41, 5.74) is 1.92. The molecule has 1 aromatic carbocycles. The summed E-state index contributed by atoms with van der Waals surface area (Å²) in [4.78, 5) is 4.89. The summed E-state index contributed by atoms with van der Waals surface area (Å²) in [7, 11) is 1.68. The summed E-state index contributed by atoms with van der Waals surface area (Å²) in [6.45, 7) is 5.34. The van der Waals surface area contributed by atoms with E-state index in [0.717, 1.165) is 47.4 Å². The van der Waals surface area contributed by atoms with Crippen molar-refractivity contribution >= 4 is 10.9 Å². The van der Waals surface area contributed by atoms with Gasteiger partial charge < -0.3 is 14.2 Å². The molecule has 4 heteroatoms. The van der Waals surface area contributed by atoms with Gasteiger partial charge in [-0.3, -0.25) is 0 Å². The van der Waals surface area contributed by atoms with Crippen molar-refractivity contribution in [1.82, 2.24) is 4.98 Å². The van der Waals surface area contributed by atoms with Gasteiger partial charge in [-0.15, -0.1) is 0 Å². The minimum atomic E-state index is 0.313. The molecule has 0 atom stereocenters. The van der Waals surface area contributed by atoms with E-state index >= 15 is 0 Å². The van der Waals surface area contributed by atoms with Crippen LogP contribution in [0.4, 0.5) is 0 Å². The van der Waals surface area contributed by atoms with Crippen LogP contribution in [0.2, 0.25) is 0 Å². The highest BCUT2D eigenvalue weighted by atomic mass is 16.5. The lowest BCUT2D eigenvalue weighted by molar-refractivity contribution is 0.147. The first-order valence-electron chi connectivity index (χ1n) is 9.17. The first kappa shape index (κ1) is 18.0. The van der Waals surface area contributed by atoms with Crippen LogP contribution in [0.3, 0.4) is 0 Å². The monoisotopic (exact) mass is 342 g/mol. The average molecular weight is 342 g/mol. The molecule has 25 heavy (non-hydrogen) atoms. The maximum absolute atomic E-state index is 6.28. The molecule has 0 aliphatic heterocycles. The fourth-order valence-corrected chi connectivity index (χ4v) is 3.33. The van der Waals surface area contributed by atoms with Crippen molar-refractivity contribution < 1.29 is 14.2 Å². The van der Waals surface area contributed by atoms with Crippen LogP contribution in [0.25, 0.3) is 10.9 Å². The summed E-state index contributed by atoms with van der Waals surface area (Å²) >= 11 is 0. The Hall–Kier alpha value is -1.81. The summed E-state index contributed by atoms with van der Waals surface area (Å²) in [6, 6.07) is 8.15. The molecule has 0 bridgehead atoms. The van der Waals surface area contributed by atoms with Gasteiger partial charge in [-0.05, 0) is 50.2 Å². The molecule has 1 aliphatic rings. The van der Waals surface area contributed by atoms with Crippen LogP contribution in [0.1, 0.15) is 45.2 Å². The largest absolute Gasteiger partial charge is 0.490 e. The van der Waals surface area contributed by atoms with Crippen LogP contribution < -0.4 is 9.47 Å². The third kappa shape index (κ3) is 4.63. The van der Waals surface area contributed by atoms with Crippen molar-refractivity contribution in [2.75, 3.05) is 20.3 Å². The van der Waals surface area contributed by atoms with Crippen molar-refractivity contribution in [2.24, 2.45) is 0 Å². The standard InChI is InChI=1S/C21H28NO3/c1-15(2)13-16-14-20(24-12-11-23-3)18-9-6-10-19(21(18)22-16)25-17-7-4-5-8-17/h6,9-10,14,17H,4-5,7-8,11-13H2,1-3H3. The highest BCUT2D eigenvalue weighted by Gasteiger charge is 2.19. The van der Waals surface area contributed by atoms with Crippen molar-refractivity contribution in [2.45, 2.75) is 52.1 Å². The Morgan fingerprint density at radius 1 is 1.12 bits per heavy atom. The Bertz CT molecular complexity index is 693.